The summed E-state index contributed by atoms with van der Waals surface area (Å²) in [5.41, 5.74) is 6.14. The first-order valence-corrected chi connectivity index (χ1v) is 8.30. The van der Waals surface area contributed by atoms with Crippen molar-refractivity contribution in [3.63, 3.8) is 0 Å². The van der Waals surface area contributed by atoms with E-state index in [1.165, 1.54) is 11.0 Å². The molecule has 3 N–H and O–H groups in total. The molecule has 1 atom stereocenters. The standard InChI is InChI=1S/C16H23BrFN3O2.ClH/c1-4-21(9-11-7-12(17)5-6-13(11)18)14(22)8-20-16(23)15(19)10(2)3;/h5-7,10,15H,4,8-9,19H2,1-3H3,(H,20,23);1H/t15-;/m0./s1. The van der Waals surface area contributed by atoms with Crippen LogP contribution in [0.3, 0.4) is 0 Å². The lowest BCUT2D eigenvalue weighted by Gasteiger charge is -2.22. The van der Waals surface area contributed by atoms with Crippen LogP contribution in [-0.2, 0) is 16.1 Å². The highest BCUT2D eigenvalue weighted by Crippen LogP contribution is 2.17. The van der Waals surface area contributed by atoms with Gasteiger partial charge < -0.3 is 16.0 Å². The van der Waals surface area contributed by atoms with Gasteiger partial charge in [-0.25, -0.2) is 4.39 Å². The summed E-state index contributed by atoms with van der Waals surface area (Å²) in [6, 6.07) is 3.94. The van der Waals surface area contributed by atoms with E-state index >= 15 is 0 Å². The van der Waals surface area contributed by atoms with E-state index in [4.69, 9.17) is 5.73 Å². The van der Waals surface area contributed by atoms with Crippen molar-refractivity contribution in [2.45, 2.75) is 33.4 Å². The summed E-state index contributed by atoms with van der Waals surface area (Å²) in [4.78, 5) is 25.5. The van der Waals surface area contributed by atoms with Crippen LogP contribution >= 0.6 is 28.3 Å². The summed E-state index contributed by atoms with van der Waals surface area (Å²) in [7, 11) is 0. The Hall–Kier alpha value is -1.18. The molecule has 1 rings (SSSR count). The van der Waals surface area contributed by atoms with Gasteiger partial charge in [0.25, 0.3) is 0 Å². The van der Waals surface area contributed by atoms with Gasteiger partial charge in [-0.05, 0) is 31.0 Å². The fourth-order valence-electron chi connectivity index (χ4n) is 1.94. The first-order valence-electron chi connectivity index (χ1n) is 7.51. The predicted molar refractivity (Wildman–Crippen MR) is 98.3 cm³/mol. The summed E-state index contributed by atoms with van der Waals surface area (Å²) in [6.07, 6.45) is 0. The Morgan fingerprint density at radius 1 is 1.38 bits per heavy atom. The van der Waals surface area contributed by atoms with Gasteiger partial charge in [0.1, 0.15) is 5.82 Å². The molecule has 0 unspecified atom stereocenters. The number of rotatable bonds is 7. The molecule has 0 radical (unpaired) electrons. The van der Waals surface area contributed by atoms with Gasteiger partial charge in [-0.2, -0.15) is 0 Å². The number of benzene rings is 1. The first-order chi connectivity index (χ1) is 10.8. The van der Waals surface area contributed by atoms with Gasteiger partial charge in [0.2, 0.25) is 11.8 Å². The van der Waals surface area contributed by atoms with Gasteiger partial charge in [-0.3, -0.25) is 9.59 Å². The van der Waals surface area contributed by atoms with Gasteiger partial charge in [-0.15, -0.1) is 12.4 Å². The van der Waals surface area contributed by atoms with Crippen molar-refractivity contribution in [3.05, 3.63) is 34.1 Å². The van der Waals surface area contributed by atoms with Gasteiger partial charge in [0, 0.05) is 23.1 Å². The van der Waals surface area contributed by atoms with Crippen LogP contribution < -0.4 is 11.1 Å². The molecule has 0 aliphatic carbocycles. The van der Waals surface area contributed by atoms with Gasteiger partial charge in [0.05, 0.1) is 12.6 Å². The largest absolute Gasteiger partial charge is 0.346 e. The fraction of sp³-hybridized carbons (Fsp3) is 0.500. The lowest BCUT2D eigenvalue weighted by molar-refractivity contribution is -0.133. The van der Waals surface area contributed by atoms with Crippen LogP contribution in [-0.4, -0.2) is 35.8 Å². The second kappa shape index (κ2) is 10.6. The van der Waals surface area contributed by atoms with E-state index in [0.29, 0.717) is 12.1 Å². The molecule has 0 saturated carbocycles. The average molecular weight is 425 g/mol. The fourth-order valence-corrected chi connectivity index (χ4v) is 2.35. The van der Waals surface area contributed by atoms with E-state index in [9.17, 15) is 14.0 Å². The summed E-state index contributed by atoms with van der Waals surface area (Å²) >= 11 is 3.28. The highest BCUT2D eigenvalue weighted by atomic mass is 79.9. The van der Waals surface area contributed by atoms with E-state index in [1.807, 2.05) is 13.8 Å². The Balaban J connectivity index is 0.00000529. The van der Waals surface area contributed by atoms with Gasteiger partial charge >= 0.3 is 0 Å². The first kappa shape index (κ1) is 22.8. The van der Waals surface area contributed by atoms with Crippen LogP contribution in [0.25, 0.3) is 0 Å². The number of halogens is 3. The van der Waals surface area contributed by atoms with Gasteiger partial charge in [0.15, 0.2) is 0 Å². The molecule has 0 bridgehead atoms. The zero-order chi connectivity index (χ0) is 17.6. The monoisotopic (exact) mass is 423 g/mol. The maximum absolute atomic E-state index is 13.8. The van der Waals surface area contributed by atoms with Crippen molar-refractivity contribution in [2.75, 3.05) is 13.1 Å². The third-order valence-corrected chi connectivity index (χ3v) is 4.03. The minimum Gasteiger partial charge on any atom is -0.346 e. The smallest absolute Gasteiger partial charge is 0.242 e. The van der Waals surface area contributed by atoms with Crippen molar-refractivity contribution in [2.24, 2.45) is 11.7 Å². The number of carbonyl (C=O) groups is 2. The predicted octanol–water partition coefficient (Wildman–Crippen LogP) is 2.46. The number of carbonyl (C=O) groups excluding carboxylic acids is 2. The Morgan fingerprint density at radius 3 is 2.54 bits per heavy atom. The van der Waals surface area contributed by atoms with Crippen molar-refractivity contribution in [1.29, 1.82) is 0 Å². The summed E-state index contributed by atoms with van der Waals surface area (Å²) in [6.45, 7) is 5.88. The normalized spacial score (nSPS) is 11.6. The molecule has 0 fully saturated rings. The average Bonchev–Trinajstić information content (AvgIpc) is 2.51. The van der Waals surface area contributed by atoms with Gasteiger partial charge in [-0.1, -0.05) is 29.8 Å². The third-order valence-electron chi connectivity index (χ3n) is 3.54. The molecule has 0 saturated heterocycles. The van der Waals surface area contributed by atoms with Crippen LogP contribution in [0.4, 0.5) is 4.39 Å². The molecule has 1 aromatic rings. The topological polar surface area (TPSA) is 75.4 Å². The minimum atomic E-state index is -0.652. The molecule has 1 aromatic carbocycles. The van der Waals surface area contributed by atoms with Crippen LogP contribution in [0, 0.1) is 11.7 Å². The minimum absolute atomic E-state index is 0. The lowest BCUT2D eigenvalue weighted by atomic mass is 10.1. The summed E-state index contributed by atoms with van der Waals surface area (Å²) in [5.74, 6) is -1.03. The molecule has 2 amide bonds. The van der Waals surface area contributed by atoms with Crippen LogP contribution in [0.2, 0.25) is 0 Å². The number of hydrogen-bond donors (Lipinski definition) is 2. The molecule has 24 heavy (non-hydrogen) atoms. The number of hydrogen-bond acceptors (Lipinski definition) is 3. The van der Waals surface area contributed by atoms with Crippen molar-refractivity contribution in [3.8, 4) is 0 Å². The zero-order valence-electron chi connectivity index (χ0n) is 14.0. The Kier molecular flexibility index (Phi) is 10.1. The molecule has 0 aliphatic heterocycles. The van der Waals surface area contributed by atoms with Crippen LogP contribution in [0.1, 0.15) is 26.3 Å². The zero-order valence-corrected chi connectivity index (χ0v) is 16.4. The Labute approximate surface area is 156 Å². The van der Waals surface area contributed by atoms with E-state index in [1.54, 1.807) is 19.1 Å². The van der Waals surface area contributed by atoms with Crippen LogP contribution in [0.15, 0.2) is 22.7 Å². The quantitative estimate of drug-likeness (QED) is 0.706. The van der Waals surface area contributed by atoms with E-state index in [-0.39, 0.29) is 49.0 Å². The number of likely N-dealkylation sites (N-methyl/N-ethyl adjacent to an activating group) is 1. The Morgan fingerprint density at radius 2 is 2.00 bits per heavy atom. The summed E-state index contributed by atoms with van der Waals surface area (Å²) < 4.78 is 14.5. The van der Waals surface area contributed by atoms with E-state index in [2.05, 4.69) is 21.2 Å². The number of nitrogens with one attached hydrogen (secondary N) is 1. The maximum atomic E-state index is 13.8. The highest BCUT2D eigenvalue weighted by Gasteiger charge is 2.20. The molecule has 0 spiro atoms. The SMILES string of the molecule is CCN(Cc1cc(Br)ccc1F)C(=O)CNC(=O)[C@@H](N)C(C)C.Cl. The summed E-state index contributed by atoms with van der Waals surface area (Å²) in [5, 5.41) is 2.53. The second-order valence-electron chi connectivity index (χ2n) is 5.63. The number of nitrogens with two attached hydrogens (primary N) is 1. The molecule has 0 aliphatic rings. The molecular formula is C16H24BrClFN3O2. The highest BCUT2D eigenvalue weighted by molar-refractivity contribution is 9.10. The second-order valence-corrected chi connectivity index (χ2v) is 6.55. The van der Waals surface area contributed by atoms with Crippen molar-refractivity contribution >= 4 is 40.2 Å². The molecular weight excluding hydrogens is 401 g/mol. The molecule has 0 heterocycles. The molecule has 0 aromatic heterocycles. The lowest BCUT2D eigenvalue weighted by Crippen LogP contribution is -2.47. The molecule has 136 valence electrons. The maximum Gasteiger partial charge on any atom is 0.242 e. The van der Waals surface area contributed by atoms with E-state index in [0.717, 1.165) is 4.47 Å². The molecule has 8 heteroatoms. The number of amides is 2. The third kappa shape index (κ3) is 6.75. The molecule has 5 nitrogen and oxygen atoms in total. The number of nitrogens with zero attached hydrogens (tertiary/aromatic N) is 1. The van der Waals surface area contributed by atoms with Crippen LogP contribution in [0.5, 0.6) is 0 Å². The van der Waals surface area contributed by atoms with E-state index < -0.39 is 6.04 Å². The van der Waals surface area contributed by atoms with Crippen molar-refractivity contribution in [1.82, 2.24) is 10.2 Å². The Bertz CT molecular complexity index is 572. The van der Waals surface area contributed by atoms with Crippen molar-refractivity contribution < 1.29 is 14.0 Å².